The van der Waals surface area contributed by atoms with Gasteiger partial charge in [-0.15, -0.1) is 12.3 Å². The summed E-state index contributed by atoms with van der Waals surface area (Å²) in [6.07, 6.45) is 13.2. The molecule has 0 N–H and O–H groups in total. The highest BCUT2D eigenvalue weighted by Gasteiger charge is 2.38. The van der Waals surface area contributed by atoms with Gasteiger partial charge in [-0.1, -0.05) is 12.2 Å². The van der Waals surface area contributed by atoms with Crippen LogP contribution in [-0.2, 0) is 4.79 Å². The highest BCUT2D eigenvalue weighted by Crippen LogP contribution is 2.44. The van der Waals surface area contributed by atoms with E-state index in [0.29, 0.717) is 12.3 Å². The van der Waals surface area contributed by atoms with Crippen molar-refractivity contribution in [2.75, 3.05) is 13.1 Å². The fourth-order valence-corrected chi connectivity index (χ4v) is 3.45. The second-order valence-corrected chi connectivity index (χ2v) is 5.41. The van der Waals surface area contributed by atoms with Crippen LogP contribution in [0.2, 0.25) is 0 Å². The molecular weight excluding hydrogens is 198 g/mol. The predicted octanol–water partition coefficient (Wildman–Crippen LogP) is 1.68. The molecule has 3 rings (SSSR count). The summed E-state index contributed by atoms with van der Waals surface area (Å²) in [5, 5.41) is 0. The summed E-state index contributed by atoms with van der Waals surface area (Å²) in [5.74, 6) is 5.32. The van der Waals surface area contributed by atoms with Gasteiger partial charge in [0.05, 0.1) is 0 Å². The Bertz CT molecular complexity index is 379. The molecule has 3 aliphatic rings. The molecule has 1 heterocycles. The number of likely N-dealkylation sites (tertiary alicyclic amines) is 1. The predicted molar refractivity (Wildman–Crippen MR) is 62.4 cm³/mol. The second-order valence-electron chi connectivity index (χ2n) is 5.41. The number of allylic oxidation sites excluding steroid dienone is 2. The van der Waals surface area contributed by atoms with Gasteiger partial charge in [-0.2, -0.15) is 0 Å². The molecule has 0 radical (unpaired) electrons. The number of carbonyl (C=O) groups is 1. The molecule has 1 saturated carbocycles. The van der Waals surface area contributed by atoms with Gasteiger partial charge in [0.15, 0.2) is 0 Å². The van der Waals surface area contributed by atoms with Gasteiger partial charge in [0, 0.05) is 25.4 Å². The Morgan fingerprint density at radius 2 is 2.31 bits per heavy atom. The van der Waals surface area contributed by atoms with Gasteiger partial charge < -0.3 is 4.90 Å². The number of rotatable bonds is 2. The quantitative estimate of drug-likeness (QED) is 0.507. The maximum Gasteiger partial charge on any atom is 0.223 e. The standard InChI is InChI=1S/C14H17NO/c1-2-10-7-14(16)15(8-10)9-13-6-11-3-4-12(13)5-11/h1,3-4,10-13H,5-9H2. The van der Waals surface area contributed by atoms with Crippen LogP contribution in [0.4, 0.5) is 0 Å². The molecule has 1 saturated heterocycles. The Hall–Kier alpha value is -1.23. The molecule has 0 spiro atoms. The lowest BCUT2D eigenvalue weighted by Crippen LogP contribution is -2.32. The van der Waals surface area contributed by atoms with Crippen LogP contribution in [0, 0.1) is 36.0 Å². The first-order valence-corrected chi connectivity index (χ1v) is 6.18. The third kappa shape index (κ3) is 1.55. The number of carbonyl (C=O) groups excluding carboxylic acids is 1. The van der Waals surface area contributed by atoms with Crippen LogP contribution in [0.3, 0.4) is 0 Å². The first-order chi connectivity index (χ1) is 7.76. The Labute approximate surface area is 96.7 Å². The van der Waals surface area contributed by atoms with Gasteiger partial charge in [0.25, 0.3) is 0 Å². The van der Waals surface area contributed by atoms with Crippen molar-refractivity contribution < 1.29 is 4.79 Å². The van der Waals surface area contributed by atoms with Gasteiger partial charge in [-0.05, 0) is 30.6 Å². The van der Waals surface area contributed by atoms with E-state index in [9.17, 15) is 4.79 Å². The second kappa shape index (κ2) is 3.66. The molecular formula is C14H17NO. The Balaban J connectivity index is 1.62. The normalized spacial score (nSPS) is 40.7. The number of nitrogens with zero attached hydrogens (tertiary/aromatic N) is 1. The zero-order chi connectivity index (χ0) is 11.1. The third-order valence-electron chi connectivity index (χ3n) is 4.32. The van der Waals surface area contributed by atoms with Crippen molar-refractivity contribution in [3.63, 3.8) is 0 Å². The molecule has 4 unspecified atom stereocenters. The van der Waals surface area contributed by atoms with Crippen molar-refractivity contribution in [3.05, 3.63) is 12.2 Å². The Morgan fingerprint density at radius 1 is 1.44 bits per heavy atom. The third-order valence-corrected chi connectivity index (χ3v) is 4.32. The maximum atomic E-state index is 11.7. The van der Waals surface area contributed by atoms with E-state index < -0.39 is 0 Å². The fraction of sp³-hybridized carbons (Fsp3) is 0.643. The average molecular weight is 215 g/mol. The van der Waals surface area contributed by atoms with E-state index in [4.69, 9.17) is 6.42 Å². The molecule has 0 aromatic heterocycles. The van der Waals surface area contributed by atoms with E-state index in [1.165, 1.54) is 12.8 Å². The molecule has 2 nitrogen and oxygen atoms in total. The molecule has 0 aromatic carbocycles. The van der Waals surface area contributed by atoms with Crippen molar-refractivity contribution in [2.45, 2.75) is 19.3 Å². The minimum atomic E-state index is 0.154. The first kappa shape index (κ1) is 9.96. The molecule has 2 heteroatoms. The van der Waals surface area contributed by atoms with Crippen molar-refractivity contribution >= 4 is 5.91 Å². The molecule has 16 heavy (non-hydrogen) atoms. The van der Waals surface area contributed by atoms with Crippen LogP contribution in [0.1, 0.15) is 19.3 Å². The summed E-state index contributed by atoms with van der Waals surface area (Å²) in [5.41, 5.74) is 0. The average Bonchev–Trinajstić information content (AvgIpc) is 2.95. The van der Waals surface area contributed by atoms with Crippen LogP contribution < -0.4 is 0 Å². The molecule has 2 fully saturated rings. The van der Waals surface area contributed by atoms with Crippen LogP contribution in [0.25, 0.3) is 0 Å². The summed E-state index contributed by atoms with van der Waals surface area (Å²) < 4.78 is 0. The summed E-state index contributed by atoms with van der Waals surface area (Å²) in [6, 6.07) is 0. The van der Waals surface area contributed by atoms with Crippen LogP contribution in [-0.4, -0.2) is 23.9 Å². The smallest absolute Gasteiger partial charge is 0.223 e. The molecule has 1 amide bonds. The largest absolute Gasteiger partial charge is 0.341 e. The number of hydrogen-bond acceptors (Lipinski definition) is 1. The number of fused-ring (bicyclic) bond motifs is 2. The first-order valence-electron chi connectivity index (χ1n) is 6.18. The number of terminal acetylenes is 1. The number of amides is 1. The molecule has 2 aliphatic carbocycles. The summed E-state index contributed by atoms with van der Waals surface area (Å²) in [7, 11) is 0. The molecule has 2 bridgehead atoms. The fourth-order valence-electron chi connectivity index (χ4n) is 3.45. The van der Waals surface area contributed by atoms with Crippen molar-refractivity contribution in [2.24, 2.45) is 23.7 Å². The van der Waals surface area contributed by atoms with E-state index in [1.54, 1.807) is 0 Å². The minimum absolute atomic E-state index is 0.154. The van der Waals surface area contributed by atoms with E-state index >= 15 is 0 Å². The highest BCUT2D eigenvalue weighted by molar-refractivity contribution is 5.79. The van der Waals surface area contributed by atoms with E-state index in [0.717, 1.165) is 24.9 Å². The molecule has 84 valence electrons. The van der Waals surface area contributed by atoms with Crippen LogP contribution in [0.5, 0.6) is 0 Å². The van der Waals surface area contributed by atoms with E-state index in [-0.39, 0.29) is 11.8 Å². The lowest BCUT2D eigenvalue weighted by Gasteiger charge is -2.24. The zero-order valence-corrected chi connectivity index (χ0v) is 9.43. The Kier molecular flexibility index (Phi) is 2.28. The summed E-state index contributed by atoms with van der Waals surface area (Å²) in [6.45, 7) is 1.72. The van der Waals surface area contributed by atoms with Gasteiger partial charge in [-0.25, -0.2) is 0 Å². The molecule has 1 aliphatic heterocycles. The lowest BCUT2D eigenvalue weighted by molar-refractivity contribution is -0.128. The van der Waals surface area contributed by atoms with Crippen LogP contribution >= 0.6 is 0 Å². The van der Waals surface area contributed by atoms with Crippen molar-refractivity contribution in [1.82, 2.24) is 4.90 Å². The minimum Gasteiger partial charge on any atom is -0.341 e. The SMILES string of the molecule is C#CC1CC(=O)N(CC2CC3C=CC2C3)C1. The maximum absolute atomic E-state index is 11.7. The highest BCUT2D eigenvalue weighted by atomic mass is 16.2. The van der Waals surface area contributed by atoms with Crippen molar-refractivity contribution in [3.8, 4) is 12.3 Å². The molecule has 4 atom stereocenters. The summed E-state index contributed by atoms with van der Waals surface area (Å²) >= 11 is 0. The zero-order valence-electron chi connectivity index (χ0n) is 9.43. The van der Waals surface area contributed by atoms with Gasteiger partial charge in [-0.3, -0.25) is 4.79 Å². The monoisotopic (exact) mass is 215 g/mol. The molecule has 0 aromatic rings. The number of hydrogen-bond donors (Lipinski definition) is 0. The van der Waals surface area contributed by atoms with Gasteiger partial charge >= 0.3 is 0 Å². The van der Waals surface area contributed by atoms with Gasteiger partial charge in [0.2, 0.25) is 5.91 Å². The van der Waals surface area contributed by atoms with E-state index in [1.807, 2.05) is 4.90 Å². The van der Waals surface area contributed by atoms with Crippen molar-refractivity contribution in [1.29, 1.82) is 0 Å². The summed E-state index contributed by atoms with van der Waals surface area (Å²) in [4.78, 5) is 13.7. The van der Waals surface area contributed by atoms with E-state index in [2.05, 4.69) is 18.1 Å². The Morgan fingerprint density at radius 3 is 2.88 bits per heavy atom. The topological polar surface area (TPSA) is 20.3 Å². The van der Waals surface area contributed by atoms with Crippen LogP contribution in [0.15, 0.2) is 12.2 Å². The lowest BCUT2D eigenvalue weighted by atomic mass is 9.93. The van der Waals surface area contributed by atoms with Gasteiger partial charge in [0.1, 0.15) is 0 Å².